The molecule has 0 unspecified atom stereocenters. The van der Waals surface area contributed by atoms with E-state index < -0.39 is 7.82 Å². The Bertz CT molecular complexity index is 1040. The number of hydrogen-bond donors (Lipinski definition) is 0. The molecule has 192 valence electrons. The maximum absolute atomic E-state index is 8.94. The van der Waals surface area contributed by atoms with E-state index in [-0.39, 0.29) is 37.5 Å². The molecule has 10 nitrogen and oxygen atoms in total. The van der Waals surface area contributed by atoms with Crippen molar-refractivity contribution < 1.29 is 66.4 Å². The van der Waals surface area contributed by atoms with Gasteiger partial charge in [0.2, 0.25) is 0 Å². The van der Waals surface area contributed by atoms with Crippen LogP contribution < -0.4 is 19.9 Å². The predicted molar refractivity (Wildman–Crippen MR) is 128 cm³/mol. The average Bonchev–Trinajstić information content (AvgIpc) is 2.75. The summed E-state index contributed by atoms with van der Waals surface area (Å²) in [6.07, 6.45) is 8.76. The molecule has 0 saturated heterocycles. The van der Waals surface area contributed by atoms with E-state index in [0.29, 0.717) is 0 Å². The number of benzene rings is 2. The fourth-order valence-corrected chi connectivity index (χ4v) is 2.96. The van der Waals surface area contributed by atoms with Crippen molar-refractivity contribution in [3.63, 3.8) is 0 Å². The molecule has 0 aromatic heterocycles. The second kappa shape index (κ2) is 17.2. The molecule has 2 aromatic carbocycles. The SMILES string of the molecule is CN(C)c1ccc(C(=C2C=CC(=[N+](C)C)C=C2)c2ccccc2)cc1.O.O.O.O=P([O-])([O-])O[O-].[W+2]. The van der Waals surface area contributed by atoms with Crippen LogP contribution in [0.15, 0.2) is 84.5 Å². The monoisotopic (exact) mass is 678 g/mol. The van der Waals surface area contributed by atoms with Crippen molar-refractivity contribution in [2.45, 2.75) is 0 Å². The molecular weight excluding hydrogens is 647 g/mol. The molecule has 0 fully saturated rings. The number of anilines is 1. The fourth-order valence-electron chi connectivity index (χ4n) is 2.96. The Labute approximate surface area is 219 Å². The van der Waals surface area contributed by atoms with Gasteiger partial charge in [-0.15, -0.1) is 0 Å². The summed E-state index contributed by atoms with van der Waals surface area (Å²) in [6.45, 7) is 0. The Kier molecular flexibility index (Phi) is 18.4. The van der Waals surface area contributed by atoms with Gasteiger partial charge in [0.1, 0.15) is 14.1 Å². The topological polar surface area (TPSA) is 196 Å². The van der Waals surface area contributed by atoms with Crippen LogP contribution in [0.5, 0.6) is 0 Å². The number of hydrogen-bond acceptors (Lipinski definition) is 6. The molecule has 0 bridgehead atoms. The molecule has 6 N–H and O–H groups in total. The molecule has 0 heterocycles. The van der Waals surface area contributed by atoms with Crippen molar-refractivity contribution in [1.29, 1.82) is 0 Å². The Balaban J connectivity index is -0.000000919. The van der Waals surface area contributed by atoms with Crippen LogP contribution in [-0.2, 0) is 30.3 Å². The summed E-state index contributed by atoms with van der Waals surface area (Å²) in [5.41, 5.74) is 7.37. The second-order valence-electron chi connectivity index (χ2n) is 7.15. The van der Waals surface area contributed by atoms with Crippen LogP contribution in [0.2, 0.25) is 0 Å². The Morgan fingerprint density at radius 3 is 1.63 bits per heavy atom. The third-order valence-electron chi connectivity index (χ3n) is 4.50. The first-order valence-electron chi connectivity index (χ1n) is 9.44. The molecule has 0 aliphatic heterocycles. The van der Waals surface area contributed by atoms with Gasteiger partial charge in [0, 0.05) is 39.8 Å². The smallest absolute Gasteiger partial charge is 0.790 e. The minimum Gasteiger partial charge on any atom is -0.790 e. The van der Waals surface area contributed by atoms with E-state index in [2.05, 4.69) is 121 Å². The molecule has 0 radical (unpaired) electrons. The average molecular weight is 678 g/mol. The predicted octanol–water partition coefficient (Wildman–Crippen LogP) is -0.976. The normalized spacial score (nSPS) is 11.4. The van der Waals surface area contributed by atoms with Crippen LogP contribution in [-0.4, -0.2) is 54.9 Å². The maximum Gasteiger partial charge on any atom is 2.00 e. The molecule has 2 aromatic rings. The molecule has 0 atom stereocenters. The zero-order valence-corrected chi connectivity index (χ0v) is 23.6. The zero-order chi connectivity index (χ0) is 23.0. The van der Waals surface area contributed by atoms with Gasteiger partial charge in [0.25, 0.3) is 0 Å². The van der Waals surface area contributed by atoms with Crippen molar-refractivity contribution in [3.05, 3.63) is 95.6 Å². The summed E-state index contributed by atoms with van der Waals surface area (Å²) in [7, 11) is 3.06. The van der Waals surface area contributed by atoms with E-state index in [1.165, 1.54) is 33.7 Å². The first-order valence-corrected chi connectivity index (χ1v) is 10.9. The Morgan fingerprint density at radius 1 is 0.829 bits per heavy atom. The van der Waals surface area contributed by atoms with E-state index in [9.17, 15) is 0 Å². The van der Waals surface area contributed by atoms with Gasteiger partial charge >= 0.3 is 21.1 Å². The molecule has 1 aliphatic carbocycles. The number of allylic oxidation sites excluding steroid dienone is 5. The molecule has 0 amide bonds. The van der Waals surface area contributed by atoms with E-state index in [1.807, 2.05) is 0 Å². The fraction of sp³-hybridized carbons (Fsp3) is 0.174. The second-order valence-corrected chi connectivity index (χ2v) is 8.19. The van der Waals surface area contributed by atoms with Gasteiger partial charge in [0.05, 0.1) is 0 Å². The van der Waals surface area contributed by atoms with Crippen LogP contribution in [0, 0.1) is 0 Å². The van der Waals surface area contributed by atoms with E-state index in [1.54, 1.807) is 0 Å². The van der Waals surface area contributed by atoms with Gasteiger partial charge in [-0.05, 0) is 46.6 Å². The first kappa shape index (κ1) is 37.3. The van der Waals surface area contributed by atoms with Crippen molar-refractivity contribution >= 4 is 24.8 Å². The van der Waals surface area contributed by atoms with Crippen molar-refractivity contribution in [3.8, 4) is 0 Å². The maximum atomic E-state index is 8.94. The molecular formula is C23H31N2O8PW. The minimum absolute atomic E-state index is 0. The van der Waals surface area contributed by atoms with Gasteiger partial charge in [0.15, 0.2) is 5.71 Å². The number of nitrogens with zero attached hydrogens (tertiary/aromatic N) is 2. The minimum atomic E-state index is -5.20. The van der Waals surface area contributed by atoms with Gasteiger partial charge in [-0.2, -0.15) is 0 Å². The van der Waals surface area contributed by atoms with Crippen LogP contribution in [0.25, 0.3) is 5.57 Å². The third kappa shape index (κ3) is 11.8. The summed E-state index contributed by atoms with van der Waals surface area (Å²) in [6, 6.07) is 19.4. The van der Waals surface area contributed by atoms with Gasteiger partial charge in [-0.1, -0.05) is 42.5 Å². The Morgan fingerprint density at radius 2 is 1.26 bits per heavy atom. The molecule has 1 aliphatic rings. The summed E-state index contributed by atoms with van der Waals surface area (Å²) in [5, 5.41) is 8.56. The van der Waals surface area contributed by atoms with Crippen LogP contribution >= 0.6 is 7.82 Å². The van der Waals surface area contributed by atoms with Gasteiger partial charge in [-0.3, -0.25) is 0 Å². The van der Waals surface area contributed by atoms with E-state index in [0.717, 1.165) is 0 Å². The van der Waals surface area contributed by atoms with Crippen LogP contribution in [0.4, 0.5) is 5.69 Å². The zero-order valence-electron chi connectivity index (χ0n) is 19.8. The van der Waals surface area contributed by atoms with Crippen LogP contribution in [0.1, 0.15) is 11.1 Å². The van der Waals surface area contributed by atoms with E-state index in [4.69, 9.17) is 19.6 Å². The summed E-state index contributed by atoms with van der Waals surface area (Å²) in [5.74, 6) is 0. The van der Waals surface area contributed by atoms with Crippen molar-refractivity contribution in [2.24, 2.45) is 0 Å². The molecule has 12 heteroatoms. The quantitative estimate of drug-likeness (QED) is 0.173. The summed E-state index contributed by atoms with van der Waals surface area (Å²) >= 11 is 0. The van der Waals surface area contributed by atoms with Gasteiger partial charge in [-0.25, -0.2) is 4.58 Å². The molecule has 0 saturated carbocycles. The summed E-state index contributed by atoms with van der Waals surface area (Å²) in [4.78, 5) is 20.0. The van der Waals surface area contributed by atoms with Crippen molar-refractivity contribution in [2.75, 3.05) is 33.1 Å². The summed E-state index contributed by atoms with van der Waals surface area (Å²) < 4.78 is 13.2. The third-order valence-corrected chi connectivity index (χ3v) is 4.68. The van der Waals surface area contributed by atoms with E-state index >= 15 is 0 Å². The van der Waals surface area contributed by atoms with Crippen LogP contribution in [0.3, 0.4) is 0 Å². The van der Waals surface area contributed by atoms with Crippen molar-refractivity contribution in [1.82, 2.24) is 0 Å². The number of rotatable bonds is 4. The molecule has 35 heavy (non-hydrogen) atoms. The standard InChI is InChI=1S/C23H25N2.H3O5P.3H2O.W/c1-24(2)21-14-10-19(11-15-21)23(18-8-6-5-7-9-18)20-12-16-22(17-13-20)25(3)4;1-5-6(2,3)4;;;;/h5-17H,1-4H3;1H,(H2,2,3,4);3*1H2;/q+1;;;;;+2/p-3. The molecule has 3 rings (SSSR count). The largest absolute Gasteiger partial charge is 2.00 e. The molecule has 0 spiro atoms. The first-order chi connectivity index (χ1) is 14.6. The Hall–Kier alpha value is -2.23. The number of phosphoric acid groups is 1. The van der Waals surface area contributed by atoms with Gasteiger partial charge < -0.3 is 45.6 Å².